The fraction of sp³-hybridized carbons (Fsp3) is 0.286. The normalized spacial score (nSPS) is 17.2. The van der Waals surface area contributed by atoms with Gasteiger partial charge in [-0.1, -0.05) is 60.7 Å². The molecular weight excluding hydrogens is 296 g/mol. The van der Waals surface area contributed by atoms with Crippen LogP contribution in [-0.2, 0) is 17.7 Å². The first-order valence-electron chi connectivity index (χ1n) is 8.65. The lowest BCUT2D eigenvalue weighted by atomic mass is 10.0. The Morgan fingerprint density at radius 3 is 2.46 bits per heavy atom. The molecule has 2 heterocycles. The van der Waals surface area contributed by atoms with Crippen LogP contribution in [-0.4, -0.2) is 22.3 Å². The number of nitrogens with zero attached hydrogens (tertiary/aromatic N) is 2. The summed E-state index contributed by atoms with van der Waals surface area (Å²) < 4.78 is 8.11. The van der Waals surface area contributed by atoms with Gasteiger partial charge in [0.25, 0.3) is 0 Å². The van der Waals surface area contributed by atoms with Crippen molar-refractivity contribution in [3.63, 3.8) is 0 Å². The highest BCUT2D eigenvalue weighted by Gasteiger charge is 2.20. The topological polar surface area (TPSA) is 27.1 Å². The second-order valence-corrected chi connectivity index (χ2v) is 6.36. The zero-order valence-electron chi connectivity index (χ0n) is 13.8. The highest BCUT2D eigenvalue weighted by Crippen LogP contribution is 2.26. The third kappa shape index (κ3) is 3.26. The van der Waals surface area contributed by atoms with Gasteiger partial charge in [-0.2, -0.15) is 0 Å². The number of benzene rings is 2. The monoisotopic (exact) mass is 318 g/mol. The molecule has 0 N–H and O–H groups in total. The lowest BCUT2D eigenvalue weighted by Crippen LogP contribution is -2.16. The highest BCUT2D eigenvalue weighted by atomic mass is 16.5. The maximum absolute atomic E-state index is 5.83. The van der Waals surface area contributed by atoms with Gasteiger partial charge in [0.1, 0.15) is 0 Å². The minimum atomic E-state index is 0.317. The molecule has 0 amide bonds. The van der Waals surface area contributed by atoms with Crippen LogP contribution in [0.25, 0.3) is 11.3 Å². The van der Waals surface area contributed by atoms with E-state index in [1.807, 2.05) is 12.4 Å². The van der Waals surface area contributed by atoms with Crippen LogP contribution in [0.2, 0.25) is 0 Å². The maximum atomic E-state index is 5.83. The quantitative estimate of drug-likeness (QED) is 0.700. The van der Waals surface area contributed by atoms with Crippen LogP contribution in [0.4, 0.5) is 0 Å². The van der Waals surface area contributed by atoms with Gasteiger partial charge in [0.2, 0.25) is 0 Å². The van der Waals surface area contributed by atoms with Crippen molar-refractivity contribution in [3.8, 4) is 11.3 Å². The van der Waals surface area contributed by atoms with Crippen LogP contribution in [0.5, 0.6) is 0 Å². The summed E-state index contributed by atoms with van der Waals surface area (Å²) in [4.78, 5) is 4.73. The Kier molecular flexibility index (Phi) is 4.43. The van der Waals surface area contributed by atoms with E-state index < -0.39 is 0 Å². The third-order valence-corrected chi connectivity index (χ3v) is 4.63. The summed E-state index contributed by atoms with van der Waals surface area (Å²) in [7, 11) is 0. The highest BCUT2D eigenvalue weighted by molar-refractivity contribution is 5.62. The molecule has 1 aliphatic heterocycles. The molecule has 0 bridgehead atoms. The van der Waals surface area contributed by atoms with Gasteiger partial charge in [-0.25, -0.2) is 4.98 Å². The van der Waals surface area contributed by atoms with E-state index in [2.05, 4.69) is 59.2 Å². The Morgan fingerprint density at radius 1 is 1.00 bits per heavy atom. The molecule has 3 heteroatoms. The first-order chi connectivity index (χ1) is 11.9. The minimum absolute atomic E-state index is 0.317. The van der Waals surface area contributed by atoms with Crippen LogP contribution < -0.4 is 0 Å². The Hall–Kier alpha value is -2.39. The second kappa shape index (κ2) is 7.02. The predicted octanol–water partition coefficient (Wildman–Crippen LogP) is 4.32. The molecular formula is C21H22N2O. The molecule has 2 aromatic carbocycles. The van der Waals surface area contributed by atoms with Crippen LogP contribution in [0, 0.1) is 0 Å². The smallest absolute Gasteiger partial charge is 0.0957 e. The van der Waals surface area contributed by atoms with Crippen molar-refractivity contribution in [1.29, 1.82) is 0 Å². The molecule has 0 unspecified atom stereocenters. The summed E-state index contributed by atoms with van der Waals surface area (Å²) in [5.74, 6) is 0. The van der Waals surface area contributed by atoms with Gasteiger partial charge in [0.05, 0.1) is 24.7 Å². The van der Waals surface area contributed by atoms with Crippen molar-refractivity contribution in [2.45, 2.75) is 31.9 Å². The van der Waals surface area contributed by atoms with Crippen molar-refractivity contribution in [2.75, 3.05) is 6.61 Å². The predicted molar refractivity (Wildman–Crippen MR) is 95.9 cm³/mol. The molecule has 122 valence electrons. The second-order valence-electron chi connectivity index (χ2n) is 6.36. The fourth-order valence-corrected chi connectivity index (χ4v) is 3.38. The van der Waals surface area contributed by atoms with Crippen molar-refractivity contribution >= 4 is 0 Å². The summed E-state index contributed by atoms with van der Waals surface area (Å²) in [6, 6.07) is 21.1. The first kappa shape index (κ1) is 15.2. The zero-order valence-corrected chi connectivity index (χ0v) is 13.8. The molecule has 3 nitrogen and oxygen atoms in total. The van der Waals surface area contributed by atoms with Gasteiger partial charge in [-0.3, -0.25) is 0 Å². The average Bonchev–Trinajstić information content (AvgIpc) is 3.28. The van der Waals surface area contributed by atoms with Crippen molar-refractivity contribution in [2.24, 2.45) is 0 Å². The van der Waals surface area contributed by atoms with E-state index in [0.717, 1.165) is 31.7 Å². The van der Waals surface area contributed by atoms with Gasteiger partial charge in [-0.15, -0.1) is 0 Å². The summed E-state index contributed by atoms with van der Waals surface area (Å²) in [6.45, 7) is 1.78. The summed E-state index contributed by atoms with van der Waals surface area (Å²) in [6.07, 6.45) is 5.49. The van der Waals surface area contributed by atoms with Gasteiger partial charge in [-0.05, 0) is 18.4 Å². The SMILES string of the molecule is c1ccc(Cc2c(-c3ccccc3)ncn2C[C@@H]2CCCO2)cc1. The van der Waals surface area contributed by atoms with E-state index in [4.69, 9.17) is 9.72 Å². The molecule has 4 rings (SSSR count). The Balaban J connectivity index is 1.69. The molecule has 24 heavy (non-hydrogen) atoms. The van der Waals surface area contributed by atoms with Crippen molar-refractivity contribution < 1.29 is 4.74 Å². The number of aromatic nitrogens is 2. The van der Waals surface area contributed by atoms with E-state index >= 15 is 0 Å². The van der Waals surface area contributed by atoms with Crippen LogP contribution in [0.3, 0.4) is 0 Å². The van der Waals surface area contributed by atoms with E-state index in [1.54, 1.807) is 0 Å². The molecule has 1 saturated heterocycles. The summed E-state index contributed by atoms with van der Waals surface area (Å²) >= 11 is 0. The van der Waals surface area contributed by atoms with Crippen LogP contribution >= 0.6 is 0 Å². The van der Waals surface area contributed by atoms with Gasteiger partial charge in [0.15, 0.2) is 0 Å². The molecule has 0 aliphatic carbocycles. The minimum Gasteiger partial charge on any atom is -0.376 e. The molecule has 1 aromatic heterocycles. The molecule has 3 aromatic rings. The lowest BCUT2D eigenvalue weighted by molar-refractivity contribution is 0.0964. The standard InChI is InChI=1S/C21H22N2O/c1-3-8-17(9-4-1)14-20-21(18-10-5-2-6-11-18)22-16-23(20)15-19-12-7-13-24-19/h1-6,8-11,16,19H,7,12-15H2/t19-/m0/s1. The lowest BCUT2D eigenvalue weighted by Gasteiger charge is -2.14. The summed E-state index contributed by atoms with van der Waals surface area (Å²) in [5.41, 5.74) is 4.83. The third-order valence-electron chi connectivity index (χ3n) is 4.63. The van der Waals surface area contributed by atoms with E-state index in [9.17, 15) is 0 Å². The van der Waals surface area contributed by atoms with Gasteiger partial charge < -0.3 is 9.30 Å². The Bertz CT molecular complexity index is 774. The largest absolute Gasteiger partial charge is 0.376 e. The van der Waals surface area contributed by atoms with Gasteiger partial charge >= 0.3 is 0 Å². The first-order valence-corrected chi connectivity index (χ1v) is 8.65. The number of ether oxygens (including phenoxy) is 1. The zero-order chi connectivity index (χ0) is 16.2. The summed E-state index contributed by atoms with van der Waals surface area (Å²) in [5, 5.41) is 0. The van der Waals surface area contributed by atoms with Crippen molar-refractivity contribution in [3.05, 3.63) is 78.2 Å². The maximum Gasteiger partial charge on any atom is 0.0957 e. The molecule has 0 saturated carbocycles. The Labute approximate surface area is 142 Å². The van der Waals surface area contributed by atoms with Crippen LogP contribution in [0.15, 0.2) is 67.0 Å². The van der Waals surface area contributed by atoms with Crippen LogP contribution in [0.1, 0.15) is 24.1 Å². The van der Waals surface area contributed by atoms with Gasteiger partial charge in [0, 0.05) is 24.3 Å². The molecule has 1 fully saturated rings. The molecule has 1 aliphatic rings. The van der Waals surface area contributed by atoms with Crippen molar-refractivity contribution in [1.82, 2.24) is 9.55 Å². The van der Waals surface area contributed by atoms with E-state index in [0.29, 0.717) is 6.10 Å². The Morgan fingerprint density at radius 2 is 1.75 bits per heavy atom. The number of imidazole rings is 1. The molecule has 1 atom stereocenters. The average molecular weight is 318 g/mol. The van der Waals surface area contributed by atoms with E-state index in [-0.39, 0.29) is 0 Å². The van der Waals surface area contributed by atoms with E-state index in [1.165, 1.54) is 23.2 Å². The molecule has 0 spiro atoms. The number of hydrogen-bond acceptors (Lipinski definition) is 2. The number of rotatable bonds is 5. The fourth-order valence-electron chi connectivity index (χ4n) is 3.38. The number of hydrogen-bond donors (Lipinski definition) is 0. The molecule has 0 radical (unpaired) electrons.